The Labute approximate surface area is 106 Å². The smallest absolute Gasteiger partial charge is 0.326 e. The van der Waals surface area contributed by atoms with Crippen LogP contribution in [0.15, 0.2) is 54.6 Å². The van der Waals surface area contributed by atoms with Gasteiger partial charge in [-0.1, -0.05) is 30.3 Å². The van der Waals surface area contributed by atoms with Crippen LogP contribution >= 0.6 is 15.9 Å². The summed E-state index contributed by atoms with van der Waals surface area (Å²) in [7, 11) is 0. The van der Waals surface area contributed by atoms with Crippen molar-refractivity contribution in [3.63, 3.8) is 0 Å². The van der Waals surface area contributed by atoms with Gasteiger partial charge in [-0.05, 0) is 40.2 Å². The number of hydrogen-bond acceptors (Lipinski definition) is 1. The van der Waals surface area contributed by atoms with Crippen LogP contribution in [0, 0.1) is 0 Å². The van der Waals surface area contributed by atoms with Crippen molar-refractivity contribution in [3.05, 3.63) is 60.2 Å². The minimum Gasteiger partial charge on any atom is -0.457 e. The van der Waals surface area contributed by atoms with Crippen LogP contribution in [-0.4, -0.2) is 0 Å². The average Bonchev–Trinajstić information content (AvgIpc) is 2.29. The summed E-state index contributed by atoms with van der Waals surface area (Å²) in [5, 5.41) is 0. The number of rotatable bonds is 3. The summed E-state index contributed by atoms with van der Waals surface area (Å²) in [6, 6.07) is 14.8. The molecule has 0 fully saturated rings. The third kappa shape index (κ3) is 3.27. The van der Waals surface area contributed by atoms with Crippen molar-refractivity contribution in [2.24, 2.45) is 0 Å². The summed E-state index contributed by atoms with van der Waals surface area (Å²) in [6.45, 7) is 0. The van der Waals surface area contributed by atoms with E-state index in [0.29, 0.717) is 11.5 Å². The molecule has 0 aromatic heterocycles. The lowest BCUT2D eigenvalue weighted by molar-refractivity contribution is 0.114. The van der Waals surface area contributed by atoms with E-state index in [1.54, 1.807) is 18.2 Å². The van der Waals surface area contributed by atoms with E-state index < -0.39 is 4.83 Å². The van der Waals surface area contributed by atoms with E-state index in [1.807, 2.05) is 18.2 Å². The van der Waals surface area contributed by atoms with Gasteiger partial charge in [-0.25, -0.2) is 0 Å². The van der Waals surface area contributed by atoms with E-state index in [4.69, 9.17) is 4.74 Å². The van der Waals surface area contributed by atoms with Gasteiger partial charge in [0.15, 0.2) is 0 Å². The second-order valence-electron chi connectivity index (χ2n) is 3.44. The van der Waals surface area contributed by atoms with Crippen LogP contribution in [-0.2, 0) is 4.83 Å². The Kier molecular flexibility index (Phi) is 3.43. The van der Waals surface area contributed by atoms with Gasteiger partial charge in [-0.15, -0.1) is 0 Å². The molecule has 2 rings (SSSR count). The molecule has 1 nitrogen and oxygen atoms in total. The molecule has 0 atom stereocenters. The minimum atomic E-state index is -3.04. The van der Waals surface area contributed by atoms with Crippen LogP contribution in [0.25, 0.3) is 0 Å². The largest absolute Gasteiger partial charge is 0.457 e. The molecule has 0 aliphatic rings. The lowest BCUT2D eigenvalue weighted by atomic mass is 10.2. The quantitative estimate of drug-likeness (QED) is 0.731. The van der Waals surface area contributed by atoms with Gasteiger partial charge < -0.3 is 4.74 Å². The normalized spacial score (nSPS) is 11.2. The van der Waals surface area contributed by atoms with Crippen LogP contribution in [0.3, 0.4) is 0 Å². The molecule has 0 saturated heterocycles. The summed E-state index contributed by atoms with van der Waals surface area (Å²) < 4.78 is 31.5. The fourth-order valence-corrected chi connectivity index (χ4v) is 1.61. The first-order chi connectivity index (χ1) is 8.05. The Hall–Kier alpha value is -1.42. The molecule has 0 bridgehead atoms. The van der Waals surface area contributed by atoms with Gasteiger partial charge in [0, 0.05) is 5.56 Å². The Morgan fingerprint density at radius 3 is 2.18 bits per heavy atom. The van der Waals surface area contributed by atoms with Crippen LogP contribution in [0.1, 0.15) is 5.56 Å². The Morgan fingerprint density at radius 1 is 0.882 bits per heavy atom. The number of para-hydroxylation sites is 1. The van der Waals surface area contributed by atoms with Crippen LogP contribution in [0.5, 0.6) is 11.5 Å². The molecule has 88 valence electrons. The fraction of sp³-hybridized carbons (Fsp3) is 0.0769. The molecule has 0 spiro atoms. The molecule has 0 unspecified atom stereocenters. The number of halogens is 3. The third-order valence-corrected chi connectivity index (χ3v) is 2.60. The van der Waals surface area contributed by atoms with Crippen molar-refractivity contribution in [2.45, 2.75) is 4.83 Å². The Morgan fingerprint density at radius 2 is 1.53 bits per heavy atom. The molecule has 0 aliphatic heterocycles. The van der Waals surface area contributed by atoms with E-state index in [-0.39, 0.29) is 5.56 Å². The lowest BCUT2D eigenvalue weighted by Crippen LogP contribution is -2.02. The second kappa shape index (κ2) is 4.84. The second-order valence-corrected chi connectivity index (χ2v) is 4.44. The number of alkyl halides is 3. The molecule has 4 heteroatoms. The minimum absolute atomic E-state index is 0.133. The van der Waals surface area contributed by atoms with Gasteiger partial charge in [0.2, 0.25) is 0 Å². The summed E-state index contributed by atoms with van der Waals surface area (Å²) >= 11 is 2.32. The Bertz CT molecular complexity index is 494. The maximum atomic E-state index is 13.0. The molecule has 0 radical (unpaired) electrons. The first kappa shape index (κ1) is 12.0. The van der Waals surface area contributed by atoms with Gasteiger partial charge in [0.05, 0.1) is 0 Å². The van der Waals surface area contributed by atoms with Crippen LogP contribution in [0.2, 0.25) is 0 Å². The van der Waals surface area contributed by atoms with Crippen molar-refractivity contribution >= 4 is 15.9 Å². The molecule has 0 saturated carbocycles. The summed E-state index contributed by atoms with van der Waals surface area (Å²) in [6.07, 6.45) is 0. The SMILES string of the molecule is FC(F)(Br)c1cccc(Oc2ccccc2)c1. The highest BCUT2D eigenvalue weighted by molar-refractivity contribution is 9.09. The van der Waals surface area contributed by atoms with Gasteiger partial charge in [0.1, 0.15) is 11.5 Å². The standard InChI is InChI=1S/C13H9BrF2O/c14-13(15,16)10-5-4-8-12(9-10)17-11-6-2-1-3-7-11/h1-9H. The molecule has 0 heterocycles. The zero-order valence-corrected chi connectivity index (χ0v) is 10.3. The maximum absolute atomic E-state index is 13.0. The van der Waals surface area contributed by atoms with Crippen LogP contribution < -0.4 is 4.74 Å². The van der Waals surface area contributed by atoms with Crippen molar-refractivity contribution in [3.8, 4) is 11.5 Å². The monoisotopic (exact) mass is 298 g/mol. The van der Waals surface area contributed by atoms with Gasteiger partial charge in [-0.3, -0.25) is 0 Å². The first-order valence-electron chi connectivity index (χ1n) is 4.96. The molecule has 2 aromatic rings. The highest BCUT2D eigenvalue weighted by atomic mass is 79.9. The van der Waals surface area contributed by atoms with Gasteiger partial charge in [0.25, 0.3) is 0 Å². The number of hydrogen-bond donors (Lipinski definition) is 0. The highest BCUT2D eigenvalue weighted by Crippen LogP contribution is 2.36. The van der Waals surface area contributed by atoms with E-state index >= 15 is 0 Å². The summed E-state index contributed by atoms with van der Waals surface area (Å²) in [5.41, 5.74) is -0.133. The molecular formula is C13H9BrF2O. The van der Waals surface area contributed by atoms with Crippen molar-refractivity contribution in [1.29, 1.82) is 0 Å². The number of ether oxygens (including phenoxy) is 1. The van der Waals surface area contributed by atoms with Gasteiger partial charge >= 0.3 is 4.83 Å². The van der Waals surface area contributed by atoms with Gasteiger partial charge in [-0.2, -0.15) is 8.78 Å². The number of benzene rings is 2. The maximum Gasteiger partial charge on any atom is 0.326 e. The average molecular weight is 299 g/mol. The van der Waals surface area contributed by atoms with E-state index in [0.717, 1.165) is 0 Å². The highest BCUT2D eigenvalue weighted by Gasteiger charge is 2.27. The predicted molar refractivity (Wildman–Crippen MR) is 65.8 cm³/mol. The van der Waals surface area contributed by atoms with E-state index in [2.05, 4.69) is 15.9 Å². The molecule has 17 heavy (non-hydrogen) atoms. The summed E-state index contributed by atoms with van der Waals surface area (Å²) in [4.78, 5) is -3.04. The Balaban J connectivity index is 2.23. The molecular weight excluding hydrogens is 290 g/mol. The topological polar surface area (TPSA) is 9.23 Å². The summed E-state index contributed by atoms with van der Waals surface area (Å²) in [5.74, 6) is 0.996. The molecule has 0 amide bonds. The van der Waals surface area contributed by atoms with E-state index in [9.17, 15) is 8.78 Å². The molecule has 0 aliphatic carbocycles. The van der Waals surface area contributed by atoms with Crippen molar-refractivity contribution < 1.29 is 13.5 Å². The van der Waals surface area contributed by atoms with Crippen molar-refractivity contribution in [2.75, 3.05) is 0 Å². The predicted octanol–water partition coefficient (Wildman–Crippen LogP) is 4.92. The molecule has 0 N–H and O–H groups in total. The first-order valence-corrected chi connectivity index (χ1v) is 5.75. The third-order valence-electron chi connectivity index (χ3n) is 2.14. The fourth-order valence-electron chi connectivity index (χ4n) is 1.36. The van der Waals surface area contributed by atoms with Crippen molar-refractivity contribution in [1.82, 2.24) is 0 Å². The zero-order valence-electron chi connectivity index (χ0n) is 8.74. The van der Waals surface area contributed by atoms with E-state index in [1.165, 1.54) is 18.2 Å². The molecule has 2 aromatic carbocycles. The van der Waals surface area contributed by atoms with Crippen LogP contribution in [0.4, 0.5) is 8.78 Å². The lowest BCUT2D eigenvalue weighted by Gasteiger charge is -2.11. The zero-order chi connectivity index (χ0) is 12.3.